The van der Waals surface area contributed by atoms with Gasteiger partial charge < -0.3 is 5.11 Å². The van der Waals surface area contributed by atoms with Crippen LogP contribution in [0.1, 0.15) is 51.0 Å². The SMILES string of the molecule is CC(C)[C@]1(O)CC[C@H](c2ccccc2)CC1. The fourth-order valence-electron chi connectivity index (χ4n) is 2.75. The Kier molecular flexibility index (Phi) is 3.34. The molecule has 0 radical (unpaired) electrons. The van der Waals surface area contributed by atoms with Crippen molar-refractivity contribution in [3.05, 3.63) is 35.9 Å². The maximum atomic E-state index is 10.4. The molecule has 16 heavy (non-hydrogen) atoms. The van der Waals surface area contributed by atoms with Crippen LogP contribution in [0.25, 0.3) is 0 Å². The van der Waals surface area contributed by atoms with Crippen LogP contribution in [0.4, 0.5) is 0 Å². The van der Waals surface area contributed by atoms with E-state index in [-0.39, 0.29) is 0 Å². The lowest BCUT2D eigenvalue weighted by Crippen LogP contribution is -2.38. The van der Waals surface area contributed by atoms with E-state index in [1.54, 1.807) is 0 Å². The highest BCUT2D eigenvalue weighted by atomic mass is 16.3. The molecule has 88 valence electrons. The summed E-state index contributed by atoms with van der Waals surface area (Å²) in [6.45, 7) is 4.26. The molecule has 1 N–H and O–H groups in total. The van der Waals surface area contributed by atoms with E-state index in [1.807, 2.05) is 0 Å². The first-order valence-electron chi connectivity index (χ1n) is 6.39. The molecule has 0 atom stereocenters. The van der Waals surface area contributed by atoms with Crippen LogP contribution in [-0.2, 0) is 0 Å². The average Bonchev–Trinajstić information content (AvgIpc) is 2.31. The summed E-state index contributed by atoms with van der Waals surface area (Å²) in [5.41, 5.74) is 1.03. The first-order chi connectivity index (χ1) is 7.62. The van der Waals surface area contributed by atoms with E-state index in [0.717, 1.165) is 25.7 Å². The number of rotatable bonds is 2. The van der Waals surface area contributed by atoms with Crippen molar-refractivity contribution >= 4 is 0 Å². The molecule has 1 saturated carbocycles. The van der Waals surface area contributed by atoms with Gasteiger partial charge in [0.2, 0.25) is 0 Å². The van der Waals surface area contributed by atoms with Crippen LogP contribution in [0.5, 0.6) is 0 Å². The van der Waals surface area contributed by atoms with Crippen molar-refractivity contribution in [1.29, 1.82) is 0 Å². The lowest BCUT2D eigenvalue weighted by atomic mass is 9.71. The Morgan fingerprint density at radius 2 is 1.69 bits per heavy atom. The van der Waals surface area contributed by atoms with E-state index in [4.69, 9.17) is 0 Å². The quantitative estimate of drug-likeness (QED) is 0.802. The van der Waals surface area contributed by atoms with Crippen LogP contribution >= 0.6 is 0 Å². The third-order valence-corrected chi connectivity index (χ3v) is 4.20. The lowest BCUT2D eigenvalue weighted by Gasteiger charge is -2.39. The van der Waals surface area contributed by atoms with E-state index in [0.29, 0.717) is 11.8 Å². The largest absolute Gasteiger partial charge is 0.390 e. The molecule has 0 aliphatic heterocycles. The van der Waals surface area contributed by atoms with Crippen molar-refractivity contribution in [2.75, 3.05) is 0 Å². The summed E-state index contributed by atoms with van der Waals surface area (Å²) < 4.78 is 0. The fourth-order valence-corrected chi connectivity index (χ4v) is 2.75. The normalized spacial score (nSPS) is 30.6. The molecule has 1 fully saturated rings. The second-order valence-electron chi connectivity index (χ2n) is 5.44. The smallest absolute Gasteiger partial charge is 0.0671 e. The number of hydrogen-bond donors (Lipinski definition) is 1. The molecule has 0 heterocycles. The van der Waals surface area contributed by atoms with Crippen molar-refractivity contribution in [1.82, 2.24) is 0 Å². The summed E-state index contributed by atoms with van der Waals surface area (Å²) in [7, 11) is 0. The molecule has 1 heteroatoms. The van der Waals surface area contributed by atoms with Gasteiger partial charge in [-0.15, -0.1) is 0 Å². The molecule has 0 amide bonds. The van der Waals surface area contributed by atoms with Crippen LogP contribution in [0, 0.1) is 5.92 Å². The zero-order valence-corrected chi connectivity index (χ0v) is 10.3. The topological polar surface area (TPSA) is 20.2 Å². The average molecular weight is 218 g/mol. The second-order valence-corrected chi connectivity index (χ2v) is 5.44. The fraction of sp³-hybridized carbons (Fsp3) is 0.600. The second kappa shape index (κ2) is 4.58. The van der Waals surface area contributed by atoms with Crippen LogP contribution in [0.3, 0.4) is 0 Å². The Bertz CT molecular complexity index is 321. The summed E-state index contributed by atoms with van der Waals surface area (Å²) in [5, 5.41) is 10.4. The first kappa shape index (κ1) is 11.7. The molecule has 0 aromatic heterocycles. The van der Waals surface area contributed by atoms with Gasteiger partial charge in [0.15, 0.2) is 0 Å². The molecule has 1 aliphatic carbocycles. The molecular weight excluding hydrogens is 196 g/mol. The zero-order chi connectivity index (χ0) is 11.6. The summed E-state index contributed by atoms with van der Waals surface area (Å²) in [5.74, 6) is 1.03. The first-order valence-corrected chi connectivity index (χ1v) is 6.39. The molecular formula is C15H22O. The predicted octanol–water partition coefficient (Wildman–Crippen LogP) is 3.73. The molecule has 2 rings (SSSR count). The highest BCUT2D eigenvalue weighted by Crippen LogP contribution is 2.41. The Hall–Kier alpha value is -0.820. The van der Waals surface area contributed by atoms with Crippen LogP contribution < -0.4 is 0 Å². The van der Waals surface area contributed by atoms with E-state index < -0.39 is 5.60 Å². The molecule has 0 unspecified atom stereocenters. The van der Waals surface area contributed by atoms with Crippen LogP contribution in [-0.4, -0.2) is 10.7 Å². The van der Waals surface area contributed by atoms with E-state index in [9.17, 15) is 5.11 Å². The minimum absolute atomic E-state index is 0.379. The maximum absolute atomic E-state index is 10.4. The molecule has 1 aromatic carbocycles. The van der Waals surface area contributed by atoms with Crippen LogP contribution in [0.2, 0.25) is 0 Å². The maximum Gasteiger partial charge on any atom is 0.0671 e. The molecule has 1 nitrogen and oxygen atoms in total. The highest BCUT2D eigenvalue weighted by molar-refractivity contribution is 5.20. The summed E-state index contributed by atoms with van der Waals surface area (Å²) in [6, 6.07) is 10.7. The van der Waals surface area contributed by atoms with Gasteiger partial charge in [0.1, 0.15) is 0 Å². The van der Waals surface area contributed by atoms with Gasteiger partial charge in [0, 0.05) is 0 Å². The number of hydrogen-bond acceptors (Lipinski definition) is 1. The molecule has 0 bridgehead atoms. The zero-order valence-electron chi connectivity index (χ0n) is 10.3. The Balaban J connectivity index is 2.01. The van der Waals surface area contributed by atoms with E-state index in [1.165, 1.54) is 5.56 Å². The summed E-state index contributed by atoms with van der Waals surface area (Å²) >= 11 is 0. The molecule has 1 aromatic rings. The van der Waals surface area contributed by atoms with Gasteiger partial charge in [0.25, 0.3) is 0 Å². The summed E-state index contributed by atoms with van der Waals surface area (Å²) in [6.07, 6.45) is 4.14. The Labute approximate surface area is 98.5 Å². The van der Waals surface area contributed by atoms with Gasteiger partial charge in [-0.25, -0.2) is 0 Å². The Morgan fingerprint density at radius 1 is 1.12 bits per heavy atom. The van der Waals surface area contributed by atoms with Gasteiger partial charge in [0.05, 0.1) is 5.60 Å². The van der Waals surface area contributed by atoms with Crippen molar-refractivity contribution in [2.24, 2.45) is 5.92 Å². The van der Waals surface area contributed by atoms with Gasteiger partial charge >= 0.3 is 0 Å². The third kappa shape index (κ3) is 2.30. The van der Waals surface area contributed by atoms with Crippen LogP contribution in [0.15, 0.2) is 30.3 Å². The Morgan fingerprint density at radius 3 is 2.19 bits per heavy atom. The van der Waals surface area contributed by atoms with E-state index in [2.05, 4.69) is 44.2 Å². The molecule has 1 aliphatic rings. The monoisotopic (exact) mass is 218 g/mol. The van der Waals surface area contributed by atoms with Gasteiger partial charge in [-0.2, -0.15) is 0 Å². The van der Waals surface area contributed by atoms with Crippen molar-refractivity contribution in [3.63, 3.8) is 0 Å². The standard InChI is InChI=1S/C15H22O/c1-12(2)15(16)10-8-14(9-11-15)13-6-4-3-5-7-13/h3-7,12,14,16H,8-11H2,1-2H3/t14-,15-. The molecule has 0 saturated heterocycles. The minimum Gasteiger partial charge on any atom is -0.390 e. The van der Waals surface area contributed by atoms with Gasteiger partial charge in [-0.05, 0) is 43.1 Å². The minimum atomic E-state index is -0.411. The summed E-state index contributed by atoms with van der Waals surface area (Å²) in [4.78, 5) is 0. The van der Waals surface area contributed by atoms with Gasteiger partial charge in [-0.1, -0.05) is 44.2 Å². The van der Waals surface area contributed by atoms with Crippen molar-refractivity contribution in [3.8, 4) is 0 Å². The van der Waals surface area contributed by atoms with Gasteiger partial charge in [-0.3, -0.25) is 0 Å². The predicted molar refractivity (Wildman–Crippen MR) is 67.4 cm³/mol. The highest BCUT2D eigenvalue weighted by Gasteiger charge is 2.35. The third-order valence-electron chi connectivity index (χ3n) is 4.20. The van der Waals surface area contributed by atoms with E-state index >= 15 is 0 Å². The molecule has 0 spiro atoms. The number of benzene rings is 1. The number of aliphatic hydroxyl groups is 1. The van der Waals surface area contributed by atoms with Crippen molar-refractivity contribution in [2.45, 2.75) is 51.0 Å². The van der Waals surface area contributed by atoms with Crippen molar-refractivity contribution < 1.29 is 5.11 Å². The lowest BCUT2D eigenvalue weighted by molar-refractivity contribution is -0.0409.